The summed E-state index contributed by atoms with van der Waals surface area (Å²) in [5, 5.41) is 0.983. The molecule has 0 saturated carbocycles. The largest absolute Gasteiger partial charge is 0.496 e. The summed E-state index contributed by atoms with van der Waals surface area (Å²) in [5.74, 6) is 0.681. The van der Waals surface area contributed by atoms with E-state index in [4.69, 9.17) is 39.5 Å². The monoisotopic (exact) mass is 287 g/mol. The molecule has 0 aliphatic heterocycles. The lowest BCUT2D eigenvalue weighted by Crippen LogP contribution is -1.91. The average molecular weight is 289 g/mol. The van der Waals surface area contributed by atoms with Gasteiger partial charge in [0.1, 0.15) is 10.9 Å². The average Bonchev–Trinajstić information content (AvgIpc) is 2.34. The maximum atomic E-state index is 6.10. The first kappa shape index (κ1) is 12.5. The number of pyridine rings is 1. The first-order valence-electron chi connectivity index (χ1n) is 4.78. The number of hydrogen-bond acceptors (Lipinski definition) is 2. The van der Waals surface area contributed by atoms with Gasteiger partial charge in [0.25, 0.3) is 0 Å². The van der Waals surface area contributed by atoms with Gasteiger partial charge in [0, 0.05) is 5.56 Å². The molecule has 0 aliphatic carbocycles. The van der Waals surface area contributed by atoms with Crippen molar-refractivity contribution >= 4 is 34.8 Å². The third-order valence-corrected chi connectivity index (χ3v) is 3.21. The van der Waals surface area contributed by atoms with Crippen LogP contribution in [0.1, 0.15) is 0 Å². The summed E-state index contributed by atoms with van der Waals surface area (Å²) in [7, 11) is 1.59. The summed E-state index contributed by atoms with van der Waals surface area (Å²) in [6.45, 7) is 0. The number of rotatable bonds is 2. The smallest absolute Gasteiger partial charge is 0.148 e. The minimum absolute atomic E-state index is 0.219. The third-order valence-electron chi connectivity index (χ3n) is 2.25. The molecule has 0 N–H and O–H groups in total. The SMILES string of the molecule is COc1ccccc1-c1nc(Cl)c(Cl)cc1Cl. The number of halogens is 3. The molecular weight excluding hydrogens is 280 g/mol. The van der Waals surface area contributed by atoms with Crippen molar-refractivity contribution in [3.63, 3.8) is 0 Å². The van der Waals surface area contributed by atoms with Crippen LogP contribution in [0.3, 0.4) is 0 Å². The second-order valence-electron chi connectivity index (χ2n) is 3.29. The van der Waals surface area contributed by atoms with Crippen LogP contribution < -0.4 is 4.74 Å². The van der Waals surface area contributed by atoms with Crippen LogP contribution in [0.5, 0.6) is 5.75 Å². The molecule has 0 atom stereocenters. The van der Waals surface area contributed by atoms with Gasteiger partial charge < -0.3 is 4.74 Å². The highest BCUT2D eigenvalue weighted by Crippen LogP contribution is 2.36. The van der Waals surface area contributed by atoms with Crippen LogP contribution >= 0.6 is 34.8 Å². The Bertz CT molecular complexity index is 557. The predicted molar refractivity (Wildman–Crippen MR) is 71.3 cm³/mol. The molecule has 5 heteroatoms. The molecule has 1 aromatic carbocycles. The van der Waals surface area contributed by atoms with Crippen LogP contribution in [-0.2, 0) is 0 Å². The van der Waals surface area contributed by atoms with Crippen molar-refractivity contribution in [2.24, 2.45) is 0 Å². The van der Waals surface area contributed by atoms with Crippen molar-refractivity contribution in [1.82, 2.24) is 4.98 Å². The molecule has 1 heterocycles. The van der Waals surface area contributed by atoms with Crippen molar-refractivity contribution in [1.29, 1.82) is 0 Å². The summed E-state index contributed by atoms with van der Waals surface area (Å²) in [6, 6.07) is 9.00. The highest BCUT2D eigenvalue weighted by molar-refractivity contribution is 6.43. The second-order valence-corrected chi connectivity index (χ2v) is 4.46. The van der Waals surface area contributed by atoms with Gasteiger partial charge in [-0.2, -0.15) is 0 Å². The normalized spacial score (nSPS) is 10.4. The number of nitrogens with zero attached hydrogens (tertiary/aromatic N) is 1. The van der Waals surface area contributed by atoms with Gasteiger partial charge in [-0.25, -0.2) is 4.98 Å². The fraction of sp³-hybridized carbons (Fsp3) is 0.0833. The van der Waals surface area contributed by atoms with E-state index in [9.17, 15) is 0 Å². The Hall–Kier alpha value is -0.960. The molecule has 0 radical (unpaired) electrons. The molecule has 88 valence electrons. The van der Waals surface area contributed by atoms with Gasteiger partial charge in [-0.1, -0.05) is 46.9 Å². The maximum absolute atomic E-state index is 6.10. The van der Waals surface area contributed by atoms with E-state index in [0.29, 0.717) is 21.5 Å². The Morgan fingerprint density at radius 3 is 2.47 bits per heavy atom. The zero-order valence-corrected chi connectivity index (χ0v) is 11.1. The number of para-hydroxylation sites is 1. The van der Waals surface area contributed by atoms with Crippen LogP contribution in [0.4, 0.5) is 0 Å². The van der Waals surface area contributed by atoms with Crippen molar-refractivity contribution in [3.05, 3.63) is 45.5 Å². The molecule has 17 heavy (non-hydrogen) atoms. The molecule has 0 amide bonds. The van der Waals surface area contributed by atoms with E-state index in [2.05, 4.69) is 4.98 Å². The van der Waals surface area contributed by atoms with Gasteiger partial charge in [-0.3, -0.25) is 0 Å². The van der Waals surface area contributed by atoms with E-state index >= 15 is 0 Å². The fourth-order valence-corrected chi connectivity index (χ4v) is 2.07. The summed E-state index contributed by atoms with van der Waals surface area (Å²) in [6.07, 6.45) is 0. The van der Waals surface area contributed by atoms with Crippen LogP contribution in [0.2, 0.25) is 15.2 Å². The predicted octanol–water partition coefficient (Wildman–Crippen LogP) is 4.72. The Kier molecular flexibility index (Phi) is 3.77. The quantitative estimate of drug-likeness (QED) is 0.746. The Balaban J connectivity index is 2.64. The lowest BCUT2D eigenvalue weighted by molar-refractivity contribution is 0.416. The number of ether oxygens (including phenoxy) is 1. The van der Waals surface area contributed by atoms with E-state index in [1.165, 1.54) is 0 Å². The van der Waals surface area contributed by atoms with E-state index in [1.807, 2.05) is 24.3 Å². The highest BCUT2D eigenvalue weighted by Gasteiger charge is 2.13. The zero-order chi connectivity index (χ0) is 12.4. The first-order valence-corrected chi connectivity index (χ1v) is 5.92. The van der Waals surface area contributed by atoms with Gasteiger partial charge in [-0.05, 0) is 18.2 Å². The topological polar surface area (TPSA) is 22.1 Å². The third kappa shape index (κ3) is 2.49. The molecule has 0 spiro atoms. The lowest BCUT2D eigenvalue weighted by Gasteiger charge is -2.09. The summed E-state index contributed by atoms with van der Waals surface area (Å²) >= 11 is 17.8. The Morgan fingerprint density at radius 1 is 1.06 bits per heavy atom. The van der Waals surface area contributed by atoms with E-state index < -0.39 is 0 Å². The van der Waals surface area contributed by atoms with Crippen molar-refractivity contribution in [3.8, 4) is 17.0 Å². The van der Waals surface area contributed by atoms with Crippen molar-refractivity contribution in [2.75, 3.05) is 7.11 Å². The molecule has 0 aliphatic rings. The number of benzene rings is 1. The zero-order valence-electron chi connectivity index (χ0n) is 8.88. The Morgan fingerprint density at radius 2 is 1.76 bits per heavy atom. The number of hydrogen-bond donors (Lipinski definition) is 0. The lowest BCUT2D eigenvalue weighted by atomic mass is 10.1. The molecule has 2 aromatic rings. The van der Waals surface area contributed by atoms with Crippen LogP contribution in [0.25, 0.3) is 11.3 Å². The molecule has 1 aromatic heterocycles. The molecule has 0 saturated heterocycles. The Labute approximate surface area is 114 Å². The molecule has 0 fully saturated rings. The minimum atomic E-state index is 0.219. The van der Waals surface area contributed by atoms with Gasteiger partial charge in [0.05, 0.1) is 22.8 Å². The minimum Gasteiger partial charge on any atom is -0.496 e. The van der Waals surface area contributed by atoms with E-state index in [0.717, 1.165) is 5.56 Å². The van der Waals surface area contributed by atoms with Crippen molar-refractivity contribution < 1.29 is 4.74 Å². The van der Waals surface area contributed by atoms with Gasteiger partial charge >= 0.3 is 0 Å². The molecular formula is C12H8Cl3NO. The van der Waals surface area contributed by atoms with Gasteiger partial charge in [0.15, 0.2) is 0 Å². The number of aromatic nitrogens is 1. The fourth-order valence-electron chi connectivity index (χ4n) is 1.47. The standard InChI is InChI=1S/C12H8Cl3NO/c1-17-10-5-3-2-4-7(10)11-8(13)6-9(14)12(15)16-11/h2-6H,1H3. The number of methoxy groups -OCH3 is 1. The summed E-state index contributed by atoms with van der Waals surface area (Å²) in [5.41, 5.74) is 1.33. The van der Waals surface area contributed by atoms with E-state index in [-0.39, 0.29) is 5.15 Å². The van der Waals surface area contributed by atoms with Crippen LogP contribution in [0, 0.1) is 0 Å². The summed E-state index contributed by atoms with van der Waals surface area (Å²) in [4.78, 5) is 4.17. The molecule has 2 rings (SSSR count). The maximum Gasteiger partial charge on any atom is 0.148 e. The van der Waals surface area contributed by atoms with Crippen LogP contribution in [-0.4, -0.2) is 12.1 Å². The van der Waals surface area contributed by atoms with Crippen molar-refractivity contribution in [2.45, 2.75) is 0 Å². The first-order chi connectivity index (χ1) is 8.13. The molecule has 0 unspecified atom stereocenters. The summed E-state index contributed by atoms with van der Waals surface area (Å²) < 4.78 is 5.25. The molecule has 2 nitrogen and oxygen atoms in total. The van der Waals surface area contributed by atoms with Gasteiger partial charge in [0.2, 0.25) is 0 Å². The van der Waals surface area contributed by atoms with Gasteiger partial charge in [-0.15, -0.1) is 0 Å². The van der Waals surface area contributed by atoms with E-state index in [1.54, 1.807) is 13.2 Å². The molecule has 0 bridgehead atoms. The second kappa shape index (κ2) is 5.13. The highest BCUT2D eigenvalue weighted by atomic mass is 35.5. The van der Waals surface area contributed by atoms with Crippen LogP contribution in [0.15, 0.2) is 30.3 Å².